The zero-order valence-corrected chi connectivity index (χ0v) is 11.2. The lowest BCUT2D eigenvalue weighted by molar-refractivity contribution is 0.0633. The van der Waals surface area contributed by atoms with Crippen molar-refractivity contribution in [2.75, 3.05) is 13.2 Å². The Balaban J connectivity index is 2.22. The van der Waals surface area contributed by atoms with Crippen LogP contribution in [0.2, 0.25) is 0 Å². The van der Waals surface area contributed by atoms with Gasteiger partial charge in [0.05, 0.1) is 12.2 Å². The molecule has 1 fully saturated rings. The first-order chi connectivity index (χ1) is 9.13. The molecule has 0 atom stereocenters. The summed E-state index contributed by atoms with van der Waals surface area (Å²) in [5.41, 5.74) is 0.898. The lowest BCUT2D eigenvalue weighted by Gasteiger charge is -2.28. The van der Waals surface area contributed by atoms with Crippen molar-refractivity contribution in [1.82, 2.24) is 4.90 Å². The highest BCUT2D eigenvalue weighted by Gasteiger charge is 2.28. The first-order valence-electron chi connectivity index (χ1n) is 6.81. The Morgan fingerprint density at radius 2 is 2.11 bits per heavy atom. The SMILES string of the molecule is Cc1ccc(C(=O)N(CCO)C2CCCC2)c(F)c1. The molecule has 1 aromatic rings. The van der Waals surface area contributed by atoms with Crippen molar-refractivity contribution >= 4 is 5.91 Å². The van der Waals surface area contributed by atoms with E-state index in [1.165, 1.54) is 12.1 Å². The third kappa shape index (κ3) is 3.13. The van der Waals surface area contributed by atoms with E-state index in [2.05, 4.69) is 0 Å². The fourth-order valence-electron chi connectivity index (χ4n) is 2.72. The molecule has 1 aromatic carbocycles. The molecule has 2 rings (SSSR count). The fourth-order valence-corrected chi connectivity index (χ4v) is 2.72. The molecule has 1 N–H and O–H groups in total. The summed E-state index contributed by atoms with van der Waals surface area (Å²) in [4.78, 5) is 14.1. The van der Waals surface area contributed by atoms with Crippen molar-refractivity contribution in [3.63, 3.8) is 0 Å². The van der Waals surface area contributed by atoms with Gasteiger partial charge in [0.2, 0.25) is 0 Å². The molecule has 1 aliphatic carbocycles. The maximum absolute atomic E-state index is 13.9. The summed E-state index contributed by atoms with van der Waals surface area (Å²) in [7, 11) is 0. The van der Waals surface area contributed by atoms with Gasteiger partial charge in [-0.2, -0.15) is 0 Å². The highest BCUT2D eigenvalue weighted by Crippen LogP contribution is 2.25. The van der Waals surface area contributed by atoms with E-state index in [-0.39, 0.29) is 30.7 Å². The molecule has 4 heteroatoms. The summed E-state index contributed by atoms with van der Waals surface area (Å²) in [6.45, 7) is 1.98. The average Bonchev–Trinajstić information content (AvgIpc) is 2.89. The number of hydrogen-bond acceptors (Lipinski definition) is 2. The van der Waals surface area contributed by atoms with Crippen molar-refractivity contribution in [3.8, 4) is 0 Å². The van der Waals surface area contributed by atoms with Crippen LogP contribution in [0.4, 0.5) is 4.39 Å². The molecule has 0 radical (unpaired) electrons. The van der Waals surface area contributed by atoms with Crippen LogP contribution in [0.15, 0.2) is 18.2 Å². The molecule has 0 heterocycles. The van der Waals surface area contributed by atoms with Gasteiger partial charge in [0.15, 0.2) is 0 Å². The van der Waals surface area contributed by atoms with Crippen LogP contribution in [0.3, 0.4) is 0 Å². The minimum atomic E-state index is -0.481. The van der Waals surface area contributed by atoms with E-state index in [0.717, 1.165) is 31.2 Å². The molecule has 1 aliphatic rings. The molecular formula is C15H20FNO2. The summed E-state index contributed by atoms with van der Waals surface area (Å²) >= 11 is 0. The zero-order valence-electron chi connectivity index (χ0n) is 11.2. The molecule has 104 valence electrons. The number of benzene rings is 1. The Kier molecular flexibility index (Phi) is 4.53. The minimum Gasteiger partial charge on any atom is -0.395 e. The third-order valence-corrected chi connectivity index (χ3v) is 3.72. The highest BCUT2D eigenvalue weighted by molar-refractivity contribution is 5.94. The van der Waals surface area contributed by atoms with Crippen LogP contribution in [-0.2, 0) is 0 Å². The van der Waals surface area contributed by atoms with E-state index in [1.807, 2.05) is 0 Å². The molecule has 0 saturated heterocycles. The summed E-state index contributed by atoms with van der Waals surface area (Å²) in [6, 6.07) is 4.79. The number of aryl methyl sites for hydroxylation is 1. The van der Waals surface area contributed by atoms with Crippen LogP contribution < -0.4 is 0 Å². The third-order valence-electron chi connectivity index (χ3n) is 3.72. The first-order valence-corrected chi connectivity index (χ1v) is 6.81. The molecule has 0 unspecified atom stereocenters. The molecule has 0 aromatic heterocycles. The Labute approximate surface area is 113 Å². The lowest BCUT2D eigenvalue weighted by Crippen LogP contribution is -2.41. The van der Waals surface area contributed by atoms with Gasteiger partial charge in [-0.05, 0) is 37.5 Å². The molecule has 0 aliphatic heterocycles. The van der Waals surface area contributed by atoms with Gasteiger partial charge in [0.1, 0.15) is 5.82 Å². The van der Waals surface area contributed by atoms with Crippen molar-refractivity contribution in [1.29, 1.82) is 0 Å². The van der Waals surface area contributed by atoms with Crippen LogP contribution >= 0.6 is 0 Å². The van der Waals surface area contributed by atoms with Crippen molar-refractivity contribution in [2.24, 2.45) is 0 Å². The van der Waals surface area contributed by atoms with E-state index < -0.39 is 5.82 Å². The van der Waals surface area contributed by atoms with Crippen molar-refractivity contribution in [3.05, 3.63) is 35.1 Å². The second-order valence-corrected chi connectivity index (χ2v) is 5.14. The average molecular weight is 265 g/mol. The van der Waals surface area contributed by atoms with Gasteiger partial charge in [-0.25, -0.2) is 4.39 Å². The summed E-state index contributed by atoms with van der Waals surface area (Å²) in [5, 5.41) is 9.12. The van der Waals surface area contributed by atoms with Gasteiger partial charge in [-0.3, -0.25) is 4.79 Å². The number of rotatable bonds is 4. The summed E-state index contributed by atoms with van der Waals surface area (Å²) in [6.07, 6.45) is 4.07. The number of aliphatic hydroxyl groups excluding tert-OH is 1. The number of aliphatic hydroxyl groups is 1. The van der Waals surface area contributed by atoms with Gasteiger partial charge in [0, 0.05) is 12.6 Å². The highest BCUT2D eigenvalue weighted by atomic mass is 19.1. The molecule has 1 amide bonds. The van der Waals surface area contributed by atoms with E-state index in [4.69, 9.17) is 5.11 Å². The Morgan fingerprint density at radius 3 is 2.68 bits per heavy atom. The van der Waals surface area contributed by atoms with E-state index >= 15 is 0 Å². The number of nitrogens with zero attached hydrogens (tertiary/aromatic N) is 1. The van der Waals surface area contributed by atoms with Crippen LogP contribution in [0.25, 0.3) is 0 Å². The maximum atomic E-state index is 13.9. The molecule has 3 nitrogen and oxygen atoms in total. The lowest BCUT2D eigenvalue weighted by atomic mass is 10.1. The number of carbonyl (C=O) groups is 1. The second kappa shape index (κ2) is 6.15. The monoisotopic (exact) mass is 265 g/mol. The fraction of sp³-hybridized carbons (Fsp3) is 0.533. The number of carbonyl (C=O) groups excluding carboxylic acids is 1. The van der Waals surface area contributed by atoms with Gasteiger partial charge < -0.3 is 10.0 Å². The topological polar surface area (TPSA) is 40.5 Å². The molecule has 0 bridgehead atoms. The molecule has 0 spiro atoms. The van der Waals surface area contributed by atoms with Crippen molar-refractivity contribution in [2.45, 2.75) is 38.6 Å². The van der Waals surface area contributed by atoms with Gasteiger partial charge >= 0.3 is 0 Å². The Bertz CT molecular complexity index is 455. The van der Waals surface area contributed by atoms with Crippen LogP contribution in [0.1, 0.15) is 41.6 Å². The van der Waals surface area contributed by atoms with Gasteiger partial charge in [0.25, 0.3) is 5.91 Å². The quantitative estimate of drug-likeness (QED) is 0.908. The summed E-state index contributed by atoms with van der Waals surface area (Å²) in [5.74, 6) is -0.788. The van der Waals surface area contributed by atoms with Crippen molar-refractivity contribution < 1.29 is 14.3 Å². The normalized spacial score (nSPS) is 15.7. The van der Waals surface area contributed by atoms with Crippen LogP contribution in [0.5, 0.6) is 0 Å². The number of halogens is 1. The van der Waals surface area contributed by atoms with Crippen LogP contribution in [0, 0.1) is 12.7 Å². The second-order valence-electron chi connectivity index (χ2n) is 5.14. The van der Waals surface area contributed by atoms with Gasteiger partial charge in [-0.15, -0.1) is 0 Å². The predicted octanol–water partition coefficient (Wildman–Crippen LogP) is 2.51. The number of amides is 1. The standard InChI is InChI=1S/C15H20FNO2/c1-11-6-7-13(14(16)10-11)15(19)17(8-9-18)12-4-2-3-5-12/h6-7,10,12,18H,2-5,8-9H2,1H3. The smallest absolute Gasteiger partial charge is 0.257 e. The largest absolute Gasteiger partial charge is 0.395 e. The summed E-state index contributed by atoms with van der Waals surface area (Å²) < 4.78 is 13.9. The van der Waals surface area contributed by atoms with Gasteiger partial charge in [-0.1, -0.05) is 18.9 Å². The number of hydrogen-bond donors (Lipinski definition) is 1. The predicted molar refractivity (Wildman–Crippen MR) is 71.5 cm³/mol. The van der Waals surface area contributed by atoms with E-state index in [0.29, 0.717) is 0 Å². The zero-order chi connectivity index (χ0) is 13.8. The van der Waals surface area contributed by atoms with E-state index in [9.17, 15) is 9.18 Å². The Morgan fingerprint density at radius 1 is 1.42 bits per heavy atom. The molecule has 1 saturated carbocycles. The first kappa shape index (κ1) is 14.0. The molecular weight excluding hydrogens is 245 g/mol. The van der Waals surface area contributed by atoms with E-state index in [1.54, 1.807) is 17.9 Å². The van der Waals surface area contributed by atoms with Crippen LogP contribution in [-0.4, -0.2) is 35.1 Å². The maximum Gasteiger partial charge on any atom is 0.257 e. The Hall–Kier alpha value is -1.42. The minimum absolute atomic E-state index is 0.0876. The molecule has 19 heavy (non-hydrogen) atoms.